The molecule has 0 atom stereocenters. The van der Waals surface area contributed by atoms with Crippen LogP contribution in [0.5, 0.6) is 0 Å². The van der Waals surface area contributed by atoms with E-state index < -0.39 is 11.9 Å². The Morgan fingerprint density at radius 3 is 1.38 bits per heavy atom. The van der Waals surface area contributed by atoms with Crippen LogP contribution in [0.3, 0.4) is 0 Å². The van der Waals surface area contributed by atoms with Crippen molar-refractivity contribution in [1.82, 2.24) is 4.90 Å². The number of aliphatic carboxylic acids is 2. The highest BCUT2D eigenvalue weighted by atomic mass is 16.4. The van der Waals surface area contributed by atoms with Gasteiger partial charge in [0.1, 0.15) is 0 Å². The number of carboxylic acids is 2. The summed E-state index contributed by atoms with van der Waals surface area (Å²) >= 11 is 0. The molecule has 152 valence electrons. The average Bonchev–Trinajstić information content (AvgIpc) is 2.59. The Balaban J connectivity index is 3.76. The zero-order chi connectivity index (χ0) is 19.6. The van der Waals surface area contributed by atoms with E-state index in [1.807, 2.05) is 0 Å². The number of nitrogens with zero attached hydrogens (tertiary/aromatic N) is 1. The summed E-state index contributed by atoms with van der Waals surface area (Å²) < 4.78 is 0. The Morgan fingerprint density at radius 2 is 1.00 bits per heavy atom. The molecule has 0 aromatic rings. The van der Waals surface area contributed by atoms with Crippen molar-refractivity contribution in [1.29, 1.82) is 0 Å². The zero-order valence-corrected chi connectivity index (χ0v) is 16.4. The smallest absolute Gasteiger partial charge is 0.305 e. The fourth-order valence-corrected chi connectivity index (χ4v) is 2.92. The van der Waals surface area contributed by atoms with E-state index >= 15 is 0 Å². The zero-order valence-electron chi connectivity index (χ0n) is 16.4. The normalized spacial score (nSPS) is 10.7. The molecule has 0 rings (SSSR count). The topological polar surface area (TPSA) is 94.9 Å². The largest absolute Gasteiger partial charge is 0.481 e. The highest BCUT2D eigenvalue weighted by molar-refractivity contribution is 5.77. The van der Waals surface area contributed by atoms with Crippen LogP contribution in [-0.2, 0) is 14.4 Å². The second-order valence-electron chi connectivity index (χ2n) is 6.95. The number of carbonyl (C=O) groups excluding carboxylic acids is 1. The standard InChI is InChI=1S/C20H37NO5/c1-2-3-4-5-6-7-8-9-10-11-12-13-18(22)21(16-14-19(23)24)17-15-20(25)26/h2-17H2,1H3,(H,23,24)(H,25,26). The van der Waals surface area contributed by atoms with E-state index in [2.05, 4.69) is 6.92 Å². The lowest BCUT2D eigenvalue weighted by Crippen LogP contribution is -2.34. The highest BCUT2D eigenvalue weighted by Crippen LogP contribution is 2.12. The minimum atomic E-state index is -0.979. The monoisotopic (exact) mass is 371 g/mol. The van der Waals surface area contributed by atoms with Gasteiger partial charge in [-0.3, -0.25) is 14.4 Å². The maximum atomic E-state index is 12.2. The molecule has 0 unspecified atom stereocenters. The SMILES string of the molecule is CCCCCCCCCCCCCC(=O)N(CCC(=O)O)CCC(=O)O. The molecule has 0 saturated heterocycles. The molecule has 0 aliphatic heterocycles. The van der Waals surface area contributed by atoms with E-state index in [9.17, 15) is 14.4 Å². The van der Waals surface area contributed by atoms with Crippen LogP contribution in [0, 0.1) is 0 Å². The molecule has 0 bridgehead atoms. The predicted molar refractivity (Wildman–Crippen MR) is 102 cm³/mol. The summed E-state index contributed by atoms with van der Waals surface area (Å²) in [7, 11) is 0. The molecule has 6 heteroatoms. The first kappa shape index (κ1) is 24.4. The Morgan fingerprint density at radius 1 is 0.615 bits per heavy atom. The van der Waals surface area contributed by atoms with Crippen molar-refractivity contribution in [3.05, 3.63) is 0 Å². The van der Waals surface area contributed by atoms with Gasteiger partial charge in [0.2, 0.25) is 5.91 Å². The van der Waals surface area contributed by atoms with E-state index in [1.54, 1.807) is 0 Å². The Hall–Kier alpha value is -1.59. The average molecular weight is 372 g/mol. The van der Waals surface area contributed by atoms with Gasteiger partial charge in [-0.25, -0.2) is 0 Å². The quantitative estimate of drug-likeness (QED) is 0.347. The number of amides is 1. The van der Waals surface area contributed by atoms with Gasteiger partial charge in [0.25, 0.3) is 0 Å². The molecule has 6 nitrogen and oxygen atoms in total. The summed E-state index contributed by atoms with van der Waals surface area (Å²) in [5.74, 6) is -2.09. The van der Waals surface area contributed by atoms with Crippen LogP contribution in [-0.4, -0.2) is 46.0 Å². The summed E-state index contributed by atoms with van der Waals surface area (Å²) in [4.78, 5) is 34.9. The molecule has 0 spiro atoms. The lowest BCUT2D eigenvalue weighted by molar-refractivity contribution is -0.139. The maximum absolute atomic E-state index is 12.2. The molecule has 26 heavy (non-hydrogen) atoms. The van der Waals surface area contributed by atoms with Crippen LogP contribution < -0.4 is 0 Å². The van der Waals surface area contributed by atoms with E-state index in [-0.39, 0.29) is 31.8 Å². The lowest BCUT2D eigenvalue weighted by Gasteiger charge is -2.21. The summed E-state index contributed by atoms with van der Waals surface area (Å²) in [6.07, 6.45) is 13.3. The molecule has 0 aliphatic carbocycles. The van der Waals surface area contributed by atoms with Gasteiger partial charge in [-0.15, -0.1) is 0 Å². The molecule has 0 aromatic carbocycles. The molecule has 1 amide bonds. The first-order valence-electron chi connectivity index (χ1n) is 10.2. The number of carbonyl (C=O) groups is 3. The number of hydrogen-bond donors (Lipinski definition) is 2. The van der Waals surface area contributed by atoms with Gasteiger partial charge < -0.3 is 15.1 Å². The van der Waals surface area contributed by atoms with E-state index in [1.165, 1.54) is 56.3 Å². The van der Waals surface area contributed by atoms with Crippen molar-refractivity contribution in [3.8, 4) is 0 Å². The number of carboxylic acid groups (broad SMARTS) is 2. The summed E-state index contributed by atoms with van der Waals surface area (Å²) in [6.45, 7) is 2.39. The molecule has 0 heterocycles. The molecule has 0 saturated carbocycles. The van der Waals surface area contributed by atoms with Crippen molar-refractivity contribution in [2.24, 2.45) is 0 Å². The fourth-order valence-electron chi connectivity index (χ4n) is 2.92. The minimum Gasteiger partial charge on any atom is -0.481 e. The molecule has 0 fully saturated rings. The lowest BCUT2D eigenvalue weighted by atomic mass is 10.1. The summed E-state index contributed by atoms with van der Waals surface area (Å²) in [6, 6.07) is 0. The van der Waals surface area contributed by atoms with Gasteiger partial charge in [0, 0.05) is 19.5 Å². The Kier molecular flexibility index (Phi) is 15.8. The maximum Gasteiger partial charge on any atom is 0.305 e. The van der Waals surface area contributed by atoms with Gasteiger partial charge in [-0.05, 0) is 6.42 Å². The third kappa shape index (κ3) is 15.9. The summed E-state index contributed by atoms with van der Waals surface area (Å²) in [5, 5.41) is 17.5. The number of rotatable bonds is 18. The van der Waals surface area contributed by atoms with Gasteiger partial charge >= 0.3 is 11.9 Å². The van der Waals surface area contributed by atoms with Gasteiger partial charge in [-0.1, -0.05) is 71.1 Å². The van der Waals surface area contributed by atoms with Crippen molar-refractivity contribution in [3.63, 3.8) is 0 Å². The second kappa shape index (κ2) is 16.9. The summed E-state index contributed by atoms with van der Waals surface area (Å²) in [5.41, 5.74) is 0. The van der Waals surface area contributed by atoms with Crippen LogP contribution in [0.1, 0.15) is 96.8 Å². The Bertz CT molecular complexity index is 380. The third-order valence-electron chi connectivity index (χ3n) is 4.54. The van der Waals surface area contributed by atoms with Crippen molar-refractivity contribution in [2.45, 2.75) is 96.8 Å². The molecular formula is C20H37NO5. The van der Waals surface area contributed by atoms with Crippen molar-refractivity contribution >= 4 is 17.8 Å². The van der Waals surface area contributed by atoms with Crippen molar-refractivity contribution < 1.29 is 24.6 Å². The van der Waals surface area contributed by atoms with Crippen LogP contribution in [0.4, 0.5) is 0 Å². The van der Waals surface area contributed by atoms with E-state index in [0.717, 1.165) is 19.3 Å². The van der Waals surface area contributed by atoms with Crippen LogP contribution in [0.25, 0.3) is 0 Å². The minimum absolute atomic E-state index is 0.0828. The van der Waals surface area contributed by atoms with Crippen LogP contribution >= 0.6 is 0 Å². The first-order valence-corrected chi connectivity index (χ1v) is 10.2. The van der Waals surface area contributed by atoms with E-state index in [0.29, 0.717) is 6.42 Å². The predicted octanol–water partition coefficient (Wildman–Crippen LogP) is 4.47. The van der Waals surface area contributed by atoms with Gasteiger partial charge in [-0.2, -0.15) is 0 Å². The van der Waals surface area contributed by atoms with Gasteiger partial charge in [0.05, 0.1) is 12.8 Å². The molecule has 2 N–H and O–H groups in total. The second-order valence-corrected chi connectivity index (χ2v) is 6.95. The number of hydrogen-bond acceptors (Lipinski definition) is 3. The molecule has 0 aliphatic rings. The molecule has 0 aromatic heterocycles. The third-order valence-corrected chi connectivity index (χ3v) is 4.54. The van der Waals surface area contributed by atoms with Crippen molar-refractivity contribution in [2.75, 3.05) is 13.1 Å². The first-order chi connectivity index (χ1) is 12.5. The molecule has 0 radical (unpaired) electrons. The van der Waals surface area contributed by atoms with Crippen LogP contribution in [0.2, 0.25) is 0 Å². The van der Waals surface area contributed by atoms with Crippen LogP contribution in [0.15, 0.2) is 0 Å². The number of unbranched alkanes of at least 4 members (excludes halogenated alkanes) is 10. The van der Waals surface area contributed by atoms with E-state index in [4.69, 9.17) is 10.2 Å². The highest BCUT2D eigenvalue weighted by Gasteiger charge is 2.15. The Labute approximate surface area is 158 Å². The molecular weight excluding hydrogens is 334 g/mol. The van der Waals surface area contributed by atoms with Gasteiger partial charge in [0.15, 0.2) is 0 Å². The fraction of sp³-hybridized carbons (Fsp3) is 0.850.